The average Bonchev–Trinajstić information content (AvgIpc) is 2.95. The third kappa shape index (κ3) is 9.37. The topological polar surface area (TPSA) is 67.8 Å². The first kappa shape index (κ1) is 30.6. The molecule has 0 N–H and O–H groups in total. The number of halogens is 1. The molecule has 2 aliphatic heterocycles. The maximum Gasteiger partial charge on any atom is 0.341 e. The summed E-state index contributed by atoms with van der Waals surface area (Å²) < 4.78 is 10.9. The van der Waals surface area contributed by atoms with Crippen LogP contribution in [0, 0.1) is 0 Å². The molecule has 38 heavy (non-hydrogen) atoms. The van der Waals surface area contributed by atoms with E-state index in [9.17, 15) is 4.79 Å². The number of nitrogens with zero attached hydrogens (tertiary/aromatic N) is 4. The number of benzene rings is 1. The minimum atomic E-state index is -0.537. The van der Waals surface area contributed by atoms with E-state index >= 15 is 0 Å². The number of methoxy groups -OCH3 is 1. The summed E-state index contributed by atoms with van der Waals surface area (Å²) in [5.41, 5.74) is 1.59. The number of ether oxygens (including phenoxy) is 2. The van der Waals surface area contributed by atoms with E-state index in [1.807, 2.05) is 12.1 Å². The van der Waals surface area contributed by atoms with E-state index < -0.39 is 12.4 Å². The summed E-state index contributed by atoms with van der Waals surface area (Å²) in [6, 6.07) is 6.17. The lowest BCUT2D eigenvalue weighted by atomic mass is 8.76. The molecule has 9 radical (unpaired) electrons. The Morgan fingerprint density at radius 3 is 2.29 bits per heavy atom. The Kier molecular flexibility index (Phi) is 12.6. The van der Waals surface area contributed by atoms with Crippen molar-refractivity contribution in [2.75, 3.05) is 38.2 Å². The van der Waals surface area contributed by atoms with Crippen molar-refractivity contribution in [2.45, 2.75) is 44.8 Å². The van der Waals surface area contributed by atoms with Crippen LogP contribution in [0.4, 0.5) is 5.95 Å². The van der Waals surface area contributed by atoms with Gasteiger partial charge in [-0.25, -0.2) is 14.8 Å². The van der Waals surface area contributed by atoms with E-state index in [1.165, 1.54) is 64.5 Å². The van der Waals surface area contributed by atoms with E-state index in [0.29, 0.717) is 16.5 Å². The zero-order valence-corrected chi connectivity index (χ0v) is 22.7. The highest BCUT2D eigenvalue weighted by molar-refractivity contribution is 7.81. The minimum Gasteiger partial charge on any atom is -0.489 e. The Balaban J connectivity index is 0.000000505. The van der Waals surface area contributed by atoms with Gasteiger partial charge in [-0.15, -0.1) is 0 Å². The zero-order valence-electron chi connectivity index (χ0n) is 22.0. The molecule has 0 saturated carbocycles. The van der Waals surface area contributed by atoms with Crippen molar-refractivity contribution in [3.05, 3.63) is 46.7 Å². The van der Waals surface area contributed by atoms with Crippen LogP contribution >= 0.6 is 11.6 Å². The van der Waals surface area contributed by atoms with Crippen LogP contribution in [-0.4, -0.2) is 111 Å². The van der Waals surface area contributed by atoms with Gasteiger partial charge in [0.15, 0.2) is 0 Å². The van der Waals surface area contributed by atoms with Gasteiger partial charge in [-0.1, -0.05) is 24.1 Å². The summed E-state index contributed by atoms with van der Waals surface area (Å²) in [4.78, 5) is 24.7. The number of hydrogen-bond donors (Lipinski definition) is 0. The molecule has 0 spiro atoms. The molecule has 2 fully saturated rings. The monoisotopic (exact) mass is 521 g/mol. The molecule has 15 heteroatoms. The molecule has 1 aromatic carbocycles. The third-order valence-corrected chi connectivity index (χ3v) is 6.89. The fourth-order valence-electron chi connectivity index (χ4n) is 4.30. The Hall–Kier alpha value is -1.93. The summed E-state index contributed by atoms with van der Waals surface area (Å²) in [5, 5.41) is 0.679. The SMILES string of the molecule is COC(=O)c1cnc(N2CCC(Oc3ccc(CN4CCCCC4)cc3Cl)CC2)nc1.[B][B]B([B])B([B])[B]. The van der Waals surface area contributed by atoms with Gasteiger partial charge in [0, 0.05) is 95.6 Å². The molecule has 1 aromatic heterocycles. The number of esters is 1. The van der Waals surface area contributed by atoms with Gasteiger partial charge in [-0.05, 0) is 43.6 Å². The molecular formula is C23H29B7ClN4O3. The predicted molar refractivity (Wildman–Crippen MR) is 160 cm³/mol. The second-order valence-corrected chi connectivity index (χ2v) is 9.92. The summed E-state index contributed by atoms with van der Waals surface area (Å²) in [5.74, 6) is 0.935. The van der Waals surface area contributed by atoms with E-state index in [0.717, 1.165) is 38.2 Å². The number of piperidine rings is 2. The number of aromatic nitrogens is 2. The van der Waals surface area contributed by atoms with Crippen LogP contribution in [0.2, 0.25) is 5.02 Å². The van der Waals surface area contributed by atoms with Gasteiger partial charge in [0.2, 0.25) is 5.95 Å². The quantitative estimate of drug-likeness (QED) is 0.384. The summed E-state index contributed by atoms with van der Waals surface area (Å²) in [6.45, 7) is 4.86. The fourth-order valence-corrected chi connectivity index (χ4v) is 4.55. The number of rotatable bonds is 8. The number of likely N-dealkylation sites (tertiary alicyclic amines) is 1. The van der Waals surface area contributed by atoms with Crippen molar-refractivity contribution in [1.29, 1.82) is 0 Å². The molecule has 0 amide bonds. The van der Waals surface area contributed by atoms with E-state index in [1.54, 1.807) is 0 Å². The second kappa shape index (κ2) is 15.6. The molecule has 0 unspecified atom stereocenters. The molecule has 2 aliphatic rings. The highest BCUT2D eigenvalue weighted by atomic mass is 35.5. The molecule has 0 aliphatic carbocycles. The van der Waals surface area contributed by atoms with Crippen molar-refractivity contribution in [2.24, 2.45) is 0 Å². The van der Waals surface area contributed by atoms with Crippen LogP contribution in [0.25, 0.3) is 0 Å². The van der Waals surface area contributed by atoms with Gasteiger partial charge in [0.1, 0.15) is 11.9 Å². The molecule has 2 aromatic rings. The fraction of sp³-hybridized carbons (Fsp3) is 0.522. The maximum absolute atomic E-state index is 11.5. The van der Waals surface area contributed by atoms with Gasteiger partial charge in [-0.3, -0.25) is 4.90 Å². The van der Waals surface area contributed by atoms with Gasteiger partial charge < -0.3 is 14.4 Å². The summed E-state index contributed by atoms with van der Waals surface area (Å²) in [6.07, 6.45) is 7.81. The first-order valence-corrected chi connectivity index (χ1v) is 13.3. The molecule has 187 valence electrons. The lowest BCUT2D eigenvalue weighted by molar-refractivity contribution is 0.0599. The van der Waals surface area contributed by atoms with Crippen LogP contribution in [0.15, 0.2) is 30.6 Å². The summed E-state index contributed by atoms with van der Waals surface area (Å²) >= 11 is 6.53. The molecule has 0 atom stereocenters. The number of carbonyl (C=O) groups is 1. The van der Waals surface area contributed by atoms with Gasteiger partial charge >= 0.3 is 5.97 Å². The minimum absolute atomic E-state index is 0.107. The second-order valence-electron chi connectivity index (χ2n) is 9.52. The normalized spacial score (nSPS) is 16.1. The molecule has 0 bridgehead atoms. The van der Waals surface area contributed by atoms with Crippen molar-refractivity contribution in [3.8, 4) is 5.75 Å². The summed E-state index contributed by atoms with van der Waals surface area (Å²) in [7, 11) is 22.9. The molecule has 7 nitrogen and oxygen atoms in total. The Morgan fingerprint density at radius 1 is 1.11 bits per heavy atom. The Bertz CT molecular complexity index is 1010. The number of anilines is 1. The van der Waals surface area contributed by atoms with Crippen molar-refractivity contribution in [3.63, 3.8) is 0 Å². The molecule has 4 rings (SSSR count). The van der Waals surface area contributed by atoms with Crippen LogP contribution < -0.4 is 9.64 Å². The standard InChI is InChI=1S/C23H29ClN4O3.B7/c1-30-22(29)18-14-25-23(26-15-18)28-11-7-19(8-12-28)31-21-6-5-17(13-20(21)24)16-27-9-3-2-4-10-27;1-5-7(4)6(2)3/h5-6,13-15,19H,2-4,7-12,16H2,1H3;. The van der Waals surface area contributed by atoms with E-state index in [-0.39, 0.29) is 12.5 Å². The van der Waals surface area contributed by atoms with Crippen LogP contribution in [0.3, 0.4) is 0 Å². The largest absolute Gasteiger partial charge is 0.489 e. The predicted octanol–water partition coefficient (Wildman–Crippen LogP) is 1.28. The van der Waals surface area contributed by atoms with Gasteiger partial charge in [0.05, 0.1) is 17.7 Å². The highest BCUT2D eigenvalue weighted by Gasteiger charge is 2.23. The van der Waals surface area contributed by atoms with Crippen LogP contribution in [-0.2, 0) is 11.3 Å². The van der Waals surface area contributed by atoms with Gasteiger partial charge in [0.25, 0.3) is 0 Å². The number of hydrogen-bond acceptors (Lipinski definition) is 7. The van der Waals surface area contributed by atoms with Crippen LogP contribution in [0.1, 0.15) is 48.0 Å². The van der Waals surface area contributed by atoms with Crippen molar-refractivity contribution < 1.29 is 14.3 Å². The first-order chi connectivity index (χ1) is 18.3. The Morgan fingerprint density at radius 2 is 1.76 bits per heavy atom. The van der Waals surface area contributed by atoms with E-state index in [2.05, 4.69) is 30.6 Å². The first-order valence-electron chi connectivity index (χ1n) is 12.9. The average molecular weight is 521 g/mol. The molecule has 3 heterocycles. The number of carbonyl (C=O) groups excluding carboxylic acids is 1. The van der Waals surface area contributed by atoms with Crippen molar-refractivity contribution >= 4 is 74.3 Å². The van der Waals surface area contributed by atoms with Gasteiger partial charge in [-0.2, -0.15) is 0 Å². The smallest absolute Gasteiger partial charge is 0.341 e. The maximum atomic E-state index is 11.5. The van der Waals surface area contributed by atoms with E-state index in [4.69, 9.17) is 47.3 Å². The molecular weight excluding hydrogens is 491 g/mol. The lowest BCUT2D eigenvalue weighted by Crippen LogP contribution is -2.43. The third-order valence-electron chi connectivity index (χ3n) is 6.60. The van der Waals surface area contributed by atoms with Crippen molar-refractivity contribution in [1.82, 2.24) is 14.9 Å². The highest BCUT2D eigenvalue weighted by Crippen LogP contribution is 2.29. The zero-order chi connectivity index (χ0) is 27.5. The molecule has 2 saturated heterocycles. The van der Waals surface area contributed by atoms with Crippen LogP contribution in [0.5, 0.6) is 5.75 Å². The Labute approximate surface area is 238 Å². The lowest BCUT2D eigenvalue weighted by Gasteiger charge is -2.32.